The van der Waals surface area contributed by atoms with Gasteiger partial charge in [0, 0.05) is 29.9 Å². The molecule has 3 rings (SSSR count). The number of carboxylic acid groups (broad SMARTS) is 2. The third kappa shape index (κ3) is 13.3. The minimum absolute atomic E-state index is 0.0192. The number of aliphatic carboxylic acids is 2. The topological polar surface area (TPSA) is 261 Å². The molecule has 15 nitrogen and oxygen atoms in total. The van der Waals surface area contributed by atoms with Gasteiger partial charge in [-0.05, 0) is 44.5 Å². The summed E-state index contributed by atoms with van der Waals surface area (Å²) in [5, 5.41) is 26.7. The lowest BCUT2D eigenvalue weighted by Gasteiger charge is -2.16. The van der Waals surface area contributed by atoms with E-state index in [0.717, 1.165) is 5.56 Å². The van der Waals surface area contributed by atoms with E-state index in [1.807, 2.05) is 6.92 Å². The Morgan fingerprint density at radius 1 is 0.980 bits per heavy atom. The van der Waals surface area contributed by atoms with Crippen LogP contribution in [0.2, 0.25) is 0 Å². The smallest absolute Gasteiger partial charge is 0.475 e. The van der Waals surface area contributed by atoms with Gasteiger partial charge in [0.1, 0.15) is 12.4 Å². The molecule has 0 saturated carbocycles. The number of sulfone groups is 1. The lowest BCUT2D eigenvalue weighted by molar-refractivity contribution is -0.193. The molecule has 0 bridgehead atoms. The van der Waals surface area contributed by atoms with Crippen molar-refractivity contribution in [2.45, 2.75) is 56.4 Å². The number of aromatic nitrogens is 2. The fraction of sp³-hybridized carbons (Fsp3) is 0.310. The third-order valence-electron chi connectivity index (χ3n) is 6.11. The number of carbonyl (C=O) groups excluding carboxylic acids is 1. The molecule has 1 amide bonds. The standard InChI is InChI=1S/C25H31N7O4S.2C2HF3O2/c1-4-29-24-25(34)32(14-22(33)30-12-16-5-7-17(8-6-16)23(27)28)21(13-31-24)18-9-19(26)11-20(10-18)37(35,36)15(2)3;2*3-2(4,5)1(6)7/h5-11,13,15H,4,12,14,26H2,1-3H3,(H3,27,28)(H,29,31)(H,30,33);2*(H,6,7). The van der Waals surface area contributed by atoms with E-state index in [1.165, 1.54) is 29.0 Å². The number of halogens is 6. The fourth-order valence-corrected chi connectivity index (χ4v) is 4.71. The van der Waals surface area contributed by atoms with Crippen LogP contribution in [0, 0.1) is 5.41 Å². The van der Waals surface area contributed by atoms with E-state index in [2.05, 4.69) is 15.6 Å². The van der Waals surface area contributed by atoms with Crippen LogP contribution in [0.4, 0.5) is 37.8 Å². The van der Waals surface area contributed by atoms with E-state index in [9.17, 15) is 44.3 Å². The number of hydrogen-bond donors (Lipinski definition) is 7. The number of carbonyl (C=O) groups is 3. The highest BCUT2D eigenvalue weighted by Crippen LogP contribution is 2.27. The van der Waals surface area contributed by atoms with Gasteiger partial charge in [-0.15, -0.1) is 0 Å². The van der Waals surface area contributed by atoms with Crippen molar-refractivity contribution in [1.29, 1.82) is 5.41 Å². The van der Waals surface area contributed by atoms with Crippen LogP contribution in [-0.4, -0.2) is 76.0 Å². The van der Waals surface area contributed by atoms with Crippen LogP contribution >= 0.6 is 0 Å². The first kappa shape index (κ1) is 43.4. The first-order chi connectivity index (χ1) is 23.3. The molecule has 0 saturated heterocycles. The predicted octanol–water partition coefficient (Wildman–Crippen LogP) is 2.97. The molecule has 1 aromatic heterocycles. The molecule has 0 unspecified atom stereocenters. The molecule has 0 spiro atoms. The maximum Gasteiger partial charge on any atom is 0.490 e. The zero-order valence-corrected chi connectivity index (χ0v) is 27.7. The Hall–Kier alpha value is -5.67. The number of amidine groups is 1. The second-order valence-electron chi connectivity index (χ2n) is 10.3. The van der Waals surface area contributed by atoms with Crippen molar-refractivity contribution in [2.24, 2.45) is 5.73 Å². The molecule has 0 aliphatic rings. The van der Waals surface area contributed by atoms with Gasteiger partial charge >= 0.3 is 24.3 Å². The molecular weight excluding hydrogens is 720 g/mol. The predicted molar refractivity (Wildman–Crippen MR) is 172 cm³/mol. The summed E-state index contributed by atoms with van der Waals surface area (Å²) >= 11 is 0. The Kier molecular flexibility index (Phi) is 15.2. The van der Waals surface area contributed by atoms with Gasteiger partial charge in [0.15, 0.2) is 15.7 Å². The average Bonchev–Trinajstić information content (AvgIpc) is 3.01. The molecule has 1 heterocycles. The first-order valence-corrected chi connectivity index (χ1v) is 15.7. The molecule has 0 aliphatic heterocycles. The lowest BCUT2D eigenvalue weighted by Crippen LogP contribution is -2.34. The summed E-state index contributed by atoms with van der Waals surface area (Å²) in [6.45, 7) is 5.25. The Balaban J connectivity index is 0.000000780. The van der Waals surface area contributed by atoms with E-state index in [-0.39, 0.29) is 41.0 Å². The van der Waals surface area contributed by atoms with Crippen LogP contribution in [0.25, 0.3) is 11.3 Å². The molecular formula is C29H33F6N7O8S. The van der Waals surface area contributed by atoms with E-state index >= 15 is 0 Å². The van der Waals surface area contributed by atoms with Crippen molar-refractivity contribution < 1.29 is 59.4 Å². The SMILES string of the molecule is CCNc1ncc(-c2cc(N)cc(S(=O)(=O)C(C)C)c2)n(CC(=O)NCc2ccc(C(=N)N)cc2)c1=O.O=C(O)C(F)(F)F.O=C(O)C(F)(F)F. The molecule has 0 fully saturated rings. The number of benzene rings is 2. The number of carboxylic acids is 2. The molecule has 3 aromatic rings. The Bertz CT molecular complexity index is 1870. The van der Waals surface area contributed by atoms with Crippen LogP contribution in [-0.2, 0) is 37.3 Å². The summed E-state index contributed by atoms with van der Waals surface area (Å²) < 4.78 is 90.3. The normalized spacial score (nSPS) is 11.3. The van der Waals surface area contributed by atoms with Crippen LogP contribution in [0.5, 0.6) is 0 Å². The zero-order chi connectivity index (χ0) is 39.5. The number of nitrogen functional groups attached to an aromatic ring is 2. The third-order valence-corrected chi connectivity index (χ3v) is 8.25. The van der Waals surface area contributed by atoms with Crippen LogP contribution in [0.1, 0.15) is 31.9 Å². The first-order valence-electron chi connectivity index (χ1n) is 14.1. The molecule has 51 heavy (non-hydrogen) atoms. The van der Waals surface area contributed by atoms with E-state index in [1.54, 1.807) is 38.1 Å². The minimum atomic E-state index is -5.08. The molecule has 22 heteroatoms. The van der Waals surface area contributed by atoms with E-state index < -0.39 is 50.8 Å². The van der Waals surface area contributed by atoms with Crippen molar-refractivity contribution >= 4 is 45.0 Å². The number of anilines is 2. The largest absolute Gasteiger partial charge is 0.490 e. The highest BCUT2D eigenvalue weighted by atomic mass is 32.2. The number of nitrogens with zero attached hydrogens (tertiary/aromatic N) is 2. The summed E-state index contributed by atoms with van der Waals surface area (Å²) in [6.07, 6.45) is -8.76. The van der Waals surface area contributed by atoms with Crippen molar-refractivity contribution in [1.82, 2.24) is 14.9 Å². The van der Waals surface area contributed by atoms with Crippen molar-refractivity contribution in [3.63, 3.8) is 0 Å². The van der Waals surface area contributed by atoms with E-state index in [0.29, 0.717) is 17.7 Å². The van der Waals surface area contributed by atoms with Gasteiger partial charge in [-0.1, -0.05) is 24.3 Å². The van der Waals surface area contributed by atoms with Gasteiger partial charge in [0.05, 0.1) is 22.0 Å². The summed E-state index contributed by atoms with van der Waals surface area (Å²) in [5.41, 5.74) is 13.1. The highest BCUT2D eigenvalue weighted by Gasteiger charge is 2.39. The number of nitrogens with one attached hydrogen (secondary N) is 3. The van der Waals surface area contributed by atoms with Gasteiger partial charge in [-0.3, -0.25) is 19.6 Å². The second-order valence-corrected chi connectivity index (χ2v) is 12.8. The summed E-state index contributed by atoms with van der Waals surface area (Å²) in [7, 11) is -3.64. The fourth-order valence-electron chi connectivity index (χ4n) is 3.57. The van der Waals surface area contributed by atoms with Crippen LogP contribution < -0.4 is 27.7 Å². The Labute approximate surface area is 285 Å². The Morgan fingerprint density at radius 2 is 1.49 bits per heavy atom. The molecule has 2 aromatic carbocycles. The van der Waals surface area contributed by atoms with Gasteiger partial charge < -0.3 is 32.3 Å². The minimum Gasteiger partial charge on any atom is -0.475 e. The average molecular weight is 754 g/mol. The highest BCUT2D eigenvalue weighted by molar-refractivity contribution is 7.92. The number of amides is 1. The molecule has 0 aliphatic carbocycles. The monoisotopic (exact) mass is 753 g/mol. The van der Waals surface area contributed by atoms with Gasteiger partial charge in [-0.2, -0.15) is 26.3 Å². The maximum atomic E-state index is 13.2. The molecule has 9 N–H and O–H groups in total. The maximum absolute atomic E-state index is 13.2. The second kappa shape index (κ2) is 17.8. The number of nitrogens with two attached hydrogens (primary N) is 2. The van der Waals surface area contributed by atoms with Gasteiger partial charge in [-0.25, -0.2) is 23.0 Å². The van der Waals surface area contributed by atoms with Crippen molar-refractivity contribution in [3.8, 4) is 11.3 Å². The van der Waals surface area contributed by atoms with Crippen molar-refractivity contribution in [2.75, 3.05) is 17.6 Å². The molecule has 280 valence electrons. The summed E-state index contributed by atoms with van der Waals surface area (Å²) in [6, 6.07) is 11.2. The number of hydrogen-bond acceptors (Lipinski definition) is 10. The van der Waals surface area contributed by atoms with Crippen LogP contribution in [0.15, 0.2) is 58.4 Å². The van der Waals surface area contributed by atoms with Gasteiger partial charge in [0.25, 0.3) is 5.56 Å². The number of rotatable bonds is 10. The zero-order valence-electron chi connectivity index (χ0n) is 26.9. The quantitative estimate of drug-likeness (QED) is 0.0682. The van der Waals surface area contributed by atoms with Gasteiger partial charge in [0.2, 0.25) is 5.91 Å². The summed E-state index contributed by atoms with van der Waals surface area (Å²) in [4.78, 5) is 48.1. The number of alkyl halides is 6. The molecule has 0 radical (unpaired) electrons. The lowest BCUT2D eigenvalue weighted by atomic mass is 10.1. The van der Waals surface area contributed by atoms with Crippen molar-refractivity contribution in [3.05, 3.63) is 70.1 Å². The van der Waals surface area contributed by atoms with Crippen LogP contribution in [0.3, 0.4) is 0 Å². The van der Waals surface area contributed by atoms with E-state index in [4.69, 9.17) is 36.7 Å². The molecule has 0 atom stereocenters. The summed E-state index contributed by atoms with van der Waals surface area (Å²) in [5.74, 6) is -5.94. The Morgan fingerprint density at radius 3 is 1.92 bits per heavy atom.